The molecule has 1 aromatic carbocycles. The van der Waals surface area contributed by atoms with Crippen LogP contribution in [0.25, 0.3) is 0 Å². The standard InChI is InChI=1S/C20H26N2O/c1-13-5-3-4-6-18(13)19(23)22-21-14(2)20-10-15-7-16(11-20)9-17(8-15)12-20/h3-6,15-17H,7-12H2,1-2H3,(H,22,23)/b21-14-. The number of hydrogen-bond acceptors (Lipinski definition) is 2. The number of benzene rings is 1. The van der Waals surface area contributed by atoms with Gasteiger partial charge in [0.05, 0.1) is 0 Å². The topological polar surface area (TPSA) is 41.5 Å². The van der Waals surface area contributed by atoms with Gasteiger partial charge in [0.2, 0.25) is 0 Å². The summed E-state index contributed by atoms with van der Waals surface area (Å²) in [4.78, 5) is 12.4. The number of carbonyl (C=O) groups is 1. The Bertz CT molecular complexity index is 626. The van der Waals surface area contributed by atoms with Gasteiger partial charge in [0.15, 0.2) is 0 Å². The molecule has 0 aliphatic heterocycles. The van der Waals surface area contributed by atoms with Crippen molar-refractivity contribution >= 4 is 11.6 Å². The summed E-state index contributed by atoms with van der Waals surface area (Å²) in [5.41, 5.74) is 5.95. The maximum absolute atomic E-state index is 12.4. The van der Waals surface area contributed by atoms with E-state index in [1.54, 1.807) is 0 Å². The minimum absolute atomic E-state index is 0.0906. The Labute approximate surface area is 138 Å². The van der Waals surface area contributed by atoms with Gasteiger partial charge in [-0.2, -0.15) is 5.10 Å². The molecule has 4 fully saturated rings. The SMILES string of the molecule is C/C(=N/NC(=O)c1ccccc1C)C12CC3CC(CC(C3)C1)C2. The van der Waals surface area contributed by atoms with Gasteiger partial charge < -0.3 is 0 Å². The number of nitrogens with one attached hydrogen (secondary N) is 1. The van der Waals surface area contributed by atoms with Crippen LogP contribution in [0, 0.1) is 30.1 Å². The fraction of sp³-hybridized carbons (Fsp3) is 0.600. The van der Waals surface area contributed by atoms with Crippen LogP contribution in [0.15, 0.2) is 29.4 Å². The minimum Gasteiger partial charge on any atom is -0.267 e. The molecular formula is C20H26N2O. The second kappa shape index (κ2) is 5.47. The Morgan fingerprint density at radius 3 is 2.22 bits per heavy atom. The molecule has 3 nitrogen and oxygen atoms in total. The van der Waals surface area contributed by atoms with Crippen molar-refractivity contribution < 1.29 is 4.79 Å². The molecule has 0 radical (unpaired) electrons. The molecular weight excluding hydrogens is 284 g/mol. The first-order valence-corrected chi connectivity index (χ1v) is 8.96. The van der Waals surface area contributed by atoms with E-state index in [0.29, 0.717) is 0 Å². The zero-order valence-electron chi connectivity index (χ0n) is 14.1. The summed E-state index contributed by atoms with van der Waals surface area (Å²) in [5.74, 6) is 2.61. The summed E-state index contributed by atoms with van der Waals surface area (Å²) >= 11 is 0. The summed E-state index contributed by atoms with van der Waals surface area (Å²) in [6, 6.07) is 7.68. The lowest BCUT2D eigenvalue weighted by atomic mass is 9.48. The van der Waals surface area contributed by atoms with Crippen LogP contribution in [0.1, 0.15) is 61.4 Å². The Balaban J connectivity index is 1.51. The van der Waals surface area contributed by atoms with Crippen LogP contribution in [0.3, 0.4) is 0 Å². The lowest BCUT2D eigenvalue weighted by molar-refractivity contribution is -0.0128. The highest BCUT2D eigenvalue weighted by molar-refractivity contribution is 5.97. The van der Waals surface area contributed by atoms with Crippen molar-refractivity contribution in [1.82, 2.24) is 5.43 Å². The number of hydrogen-bond donors (Lipinski definition) is 1. The molecule has 1 N–H and O–H groups in total. The van der Waals surface area contributed by atoms with Gasteiger partial charge in [-0.25, -0.2) is 5.43 Å². The van der Waals surface area contributed by atoms with Gasteiger partial charge in [0.25, 0.3) is 5.91 Å². The van der Waals surface area contributed by atoms with Crippen molar-refractivity contribution in [3.8, 4) is 0 Å². The Morgan fingerprint density at radius 1 is 1.09 bits per heavy atom. The number of amides is 1. The van der Waals surface area contributed by atoms with Crippen molar-refractivity contribution in [3.63, 3.8) is 0 Å². The first-order chi connectivity index (χ1) is 11.1. The van der Waals surface area contributed by atoms with Gasteiger partial charge in [-0.05, 0) is 81.8 Å². The molecule has 0 heterocycles. The van der Waals surface area contributed by atoms with Gasteiger partial charge in [-0.15, -0.1) is 0 Å². The van der Waals surface area contributed by atoms with Crippen LogP contribution >= 0.6 is 0 Å². The normalized spacial score (nSPS) is 35.4. The molecule has 4 aliphatic rings. The third kappa shape index (κ3) is 2.60. The van der Waals surface area contributed by atoms with E-state index in [2.05, 4.69) is 17.5 Å². The summed E-state index contributed by atoms with van der Waals surface area (Å²) in [6.45, 7) is 4.09. The Kier molecular flexibility index (Phi) is 3.55. The van der Waals surface area contributed by atoms with E-state index in [-0.39, 0.29) is 11.3 Å². The predicted octanol–water partition coefficient (Wildman–Crippen LogP) is 4.32. The third-order valence-corrected chi connectivity index (χ3v) is 6.52. The Morgan fingerprint density at radius 2 is 1.65 bits per heavy atom. The fourth-order valence-electron chi connectivity index (χ4n) is 5.69. The molecule has 3 heteroatoms. The number of carbonyl (C=O) groups excluding carboxylic acids is 1. The van der Waals surface area contributed by atoms with Crippen LogP contribution in [0.4, 0.5) is 0 Å². The first-order valence-electron chi connectivity index (χ1n) is 8.96. The monoisotopic (exact) mass is 310 g/mol. The summed E-state index contributed by atoms with van der Waals surface area (Å²) in [6.07, 6.45) is 8.16. The quantitative estimate of drug-likeness (QED) is 0.655. The summed E-state index contributed by atoms with van der Waals surface area (Å²) in [5, 5.41) is 4.55. The average molecular weight is 310 g/mol. The lowest BCUT2D eigenvalue weighted by Gasteiger charge is -2.56. The van der Waals surface area contributed by atoms with E-state index in [0.717, 1.165) is 34.6 Å². The van der Waals surface area contributed by atoms with E-state index >= 15 is 0 Å². The van der Waals surface area contributed by atoms with E-state index in [4.69, 9.17) is 0 Å². The maximum Gasteiger partial charge on any atom is 0.271 e. The van der Waals surface area contributed by atoms with Crippen LogP contribution in [-0.2, 0) is 0 Å². The zero-order valence-corrected chi connectivity index (χ0v) is 14.1. The molecule has 4 saturated carbocycles. The zero-order chi connectivity index (χ0) is 16.0. The second-order valence-electron chi connectivity index (χ2n) is 8.15. The molecule has 1 aromatic rings. The smallest absolute Gasteiger partial charge is 0.267 e. The van der Waals surface area contributed by atoms with Crippen molar-refractivity contribution in [3.05, 3.63) is 35.4 Å². The van der Waals surface area contributed by atoms with Crippen molar-refractivity contribution in [2.24, 2.45) is 28.3 Å². The number of aryl methyl sites for hydroxylation is 1. The summed E-state index contributed by atoms with van der Waals surface area (Å²) < 4.78 is 0. The van der Waals surface area contributed by atoms with Crippen molar-refractivity contribution in [2.75, 3.05) is 0 Å². The highest BCUT2D eigenvalue weighted by Gasteiger charge is 2.52. The number of hydrazone groups is 1. The molecule has 4 aliphatic carbocycles. The largest absolute Gasteiger partial charge is 0.271 e. The van der Waals surface area contributed by atoms with Crippen LogP contribution < -0.4 is 5.43 Å². The lowest BCUT2D eigenvalue weighted by Crippen LogP contribution is -2.49. The van der Waals surface area contributed by atoms with Gasteiger partial charge in [0.1, 0.15) is 0 Å². The summed E-state index contributed by atoms with van der Waals surface area (Å²) in [7, 11) is 0. The molecule has 0 aromatic heterocycles. The minimum atomic E-state index is -0.0906. The first kappa shape index (κ1) is 14.9. The molecule has 122 valence electrons. The van der Waals surface area contributed by atoms with Gasteiger partial charge in [0, 0.05) is 16.7 Å². The van der Waals surface area contributed by atoms with Crippen molar-refractivity contribution in [1.29, 1.82) is 0 Å². The number of rotatable bonds is 3. The number of nitrogens with zero attached hydrogens (tertiary/aromatic N) is 1. The van der Waals surface area contributed by atoms with Crippen molar-refractivity contribution in [2.45, 2.75) is 52.4 Å². The van der Waals surface area contributed by atoms with Crippen LogP contribution in [-0.4, -0.2) is 11.6 Å². The van der Waals surface area contributed by atoms with E-state index in [9.17, 15) is 4.79 Å². The highest BCUT2D eigenvalue weighted by Crippen LogP contribution is 2.60. The van der Waals surface area contributed by atoms with Gasteiger partial charge in [-0.3, -0.25) is 4.79 Å². The third-order valence-electron chi connectivity index (χ3n) is 6.52. The average Bonchev–Trinajstić information content (AvgIpc) is 2.51. The maximum atomic E-state index is 12.4. The molecule has 0 atom stereocenters. The van der Waals surface area contributed by atoms with Gasteiger partial charge in [-0.1, -0.05) is 18.2 Å². The molecule has 0 unspecified atom stereocenters. The second-order valence-corrected chi connectivity index (χ2v) is 8.15. The molecule has 4 bridgehead atoms. The highest BCUT2D eigenvalue weighted by atomic mass is 16.2. The molecule has 0 spiro atoms. The van der Waals surface area contributed by atoms with Crippen LogP contribution in [0.5, 0.6) is 0 Å². The van der Waals surface area contributed by atoms with E-state index in [1.165, 1.54) is 38.5 Å². The van der Waals surface area contributed by atoms with Gasteiger partial charge >= 0.3 is 0 Å². The van der Waals surface area contributed by atoms with Crippen LogP contribution in [0.2, 0.25) is 0 Å². The van der Waals surface area contributed by atoms with E-state index in [1.807, 2.05) is 31.2 Å². The molecule has 23 heavy (non-hydrogen) atoms. The van der Waals surface area contributed by atoms with E-state index < -0.39 is 0 Å². The predicted molar refractivity (Wildman–Crippen MR) is 92.4 cm³/mol. The Hall–Kier alpha value is -1.64. The molecule has 5 rings (SSSR count). The molecule has 0 saturated heterocycles. The fourth-order valence-corrected chi connectivity index (χ4v) is 5.69. The molecule has 1 amide bonds.